The van der Waals surface area contributed by atoms with Crippen molar-refractivity contribution in [3.8, 4) is 0 Å². The molecule has 0 rings (SSSR count). The Labute approximate surface area is 73.9 Å². The molecule has 68 valence electrons. The third kappa shape index (κ3) is 3.96. The van der Waals surface area contributed by atoms with E-state index in [0.717, 1.165) is 12.0 Å². The summed E-state index contributed by atoms with van der Waals surface area (Å²) >= 11 is 0. The van der Waals surface area contributed by atoms with Gasteiger partial charge in [0, 0.05) is 5.57 Å². The monoisotopic (exact) mass is 168 g/mol. The minimum absolute atomic E-state index is 0.264. The molecule has 0 unspecified atom stereocenters. The second-order valence-electron chi connectivity index (χ2n) is 2.81. The van der Waals surface area contributed by atoms with Crippen LogP contribution in [0, 0.1) is 0 Å². The van der Waals surface area contributed by atoms with Crippen LogP contribution in [0.15, 0.2) is 23.5 Å². The lowest BCUT2D eigenvalue weighted by molar-refractivity contribution is -0.133. The lowest BCUT2D eigenvalue weighted by Gasteiger charge is -2.00. The van der Waals surface area contributed by atoms with Gasteiger partial charge in [-0.15, -0.1) is 0 Å². The highest BCUT2D eigenvalue weighted by molar-refractivity contribution is 5.88. The fourth-order valence-corrected chi connectivity index (χ4v) is 0.499. The summed E-state index contributed by atoms with van der Waals surface area (Å²) in [6, 6.07) is 0. The maximum absolute atomic E-state index is 11.1. The number of esters is 1. The van der Waals surface area contributed by atoms with Gasteiger partial charge in [-0.1, -0.05) is 12.5 Å². The number of hydrogen-bond acceptors (Lipinski definition) is 2. The average Bonchev–Trinajstić information content (AvgIpc) is 2.03. The van der Waals surface area contributed by atoms with Crippen LogP contribution < -0.4 is 0 Å². The molecule has 0 aromatic rings. The number of hydrogen-bond donors (Lipinski definition) is 0. The Morgan fingerprint density at radius 1 is 1.33 bits per heavy atom. The Hall–Kier alpha value is -1.05. The van der Waals surface area contributed by atoms with Crippen molar-refractivity contribution in [2.45, 2.75) is 34.1 Å². The summed E-state index contributed by atoms with van der Waals surface area (Å²) in [4.78, 5) is 11.1. The van der Waals surface area contributed by atoms with Gasteiger partial charge in [0.25, 0.3) is 0 Å². The zero-order chi connectivity index (χ0) is 9.56. The fraction of sp³-hybridized carbons (Fsp3) is 0.500. The number of ether oxygens (including phenoxy) is 1. The van der Waals surface area contributed by atoms with Crippen LogP contribution in [0.25, 0.3) is 0 Å². The largest absolute Gasteiger partial charge is 0.431 e. The molecular formula is C10H16O2. The van der Waals surface area contributed by atoms with E-state index in [4.69, 9.17) is 4.74 Å². The van der Waals surface area contributed by atoms with E-state index in [9.17, 15) is 4.79 Å². The standard InChI is InChI=1S/C10H16O2/c1-5-6-7-12-10(11)9(4)8(2)3/h6-7H,5H2,1-4H3. The minimum atomic E-state index is -0.264. The summed E-state index contributed by atoms with van der Waals surface area (Å²) in [6.45, 7) is 7.52. The van der Waals surface area contributed by atoms with Gasteiger partial charge in [-0.2, -0.15) is 0 Å². The smallest absolute Gasteiger partial charge is 0.338 e. The summed E-state index contributed by atoms with van der Waals surface area (Å²) < 4.78 is 4.83. The highest BCUT2D eigenvalue weighted by Gasteiger charge is 2.04. The Kier molecular flexibility index (Phi) is 5.09. The quantitative estimate of drug-likeness (QED) is 0.368. The van der Waals surface area contributed by atoms with Crippen LogP contribution in [0.1, 0.15) is 34.1 Å². The van der Waals surface area contributed by atoms with Crippen LogP contribution >= 0.6 is 0 Å². The molecule has 12 heavy (non-hydrogen) atoms. The van der Waals surface area contributed by atoms with Gasteiger partial charge in [0.05, 0.1) is 6.26 Å². The van der Waals surface area contributed by atoms with Crippen LogP contribution in [0.4, 0.5) is 0 Å². The van der Waals surface area contributed by atoms with Gasteiger partial charge in [-0.3, -0.25) is 0 Å². The van der Waals surface area contributed by atoms with E-state index in [1.165, 1.54) is 6.26 Å². The van der Waals surface area contributed by atoms with E-state index in [0.29, 0.717) is 5.57 Å². The summed E-state index contributed by atoms with van der Waals surface area (Å²) in [7, 11) is 0. The van der Waals surface area contributed by atoms with E-state index >= 15 is 0 Å². The molecule has 0 spiro atoms. The van der Waals surface area contributed by atoms with E-state index in [1.807, 2.05) is 20.8 Å². The molecule has 0 aliphatic carbocycles. The summed E-state index contributed by atoms with van der Waals surface area (Å²) in [5, 5.41) is 0. The van der Waals surface area contributed by atoms with Gasteiger partial charge in [-0.25, -0.2) is 4.79 Å². The van der Waals surface area contributed by atoms with Crippen molar-refractivity contribution in [1.82, 2.24) is 0 Å². The van der Waals surface area contributed by atoms with Gasteiger partial charge in [-0.05, 0) is 33.3 Å². The highest BCUT2D eigenvalue weighted by atomic mass is 16.5. The predicted octanol–water partition coefficient (Wildman–Crippen LogP) is 2.81. The molecule has 0 amide bonds. The van der Waals surface area contributed by atoms with Crippen molar-refractivity contribution in [2.75, 3.05) is 0 Å². The summed E-state index contributed by atoms with van der Waals surface area (Å²) in [5.74, 6) is -0.264. The SMILES string of the molecule is CCC=COC(=O)C(C)=C(C)C. The number of rotatable bonds is 3. The third-order valence-electron chi connectivity index (χ3n) is 1.56. The third-order valence-corrected chi connectivity index (χ3v) is 1.56. The molecule has 0 fully saturated rings. The normalized spacial score (nSPS) is 10.0. The maximum atomic E-state index is 11.1. The zero-order valence-corrected chi connectivity index (χ0v) is 8.18. The van der Waals surface area contributed by atoms with E-state index < -0.39 is 0 Å². The van der Waals surface area contributed by atoms with Crippen molar-refractivity contribution in [3.05, 3.63) is 23.5 Å². The van der Waals surface area contributed by atoms with Gasteiger partial charge in [0.15, 0.2) is 0 Å². The molecule has 0 atom stereocenters. The second-order valence-corrected chi connectivity index (χ2v) is 2.81. The Bertz CT molecular complexity index is 208. The van der Waals surface area contributed by atoms with Gasteiger partial charge in [0.1, 0.15) is 0 Å². The van der Waals surface area contributed by atoms with Crippen molar-refractivity contribution >= 4 is 5.97 Å². The maximum Gasteiger partial charge on any atom is 0.338 e. The summed E-state index contributed by atoms with van der Waals surface area (Å²) in [6.07, 6.45) is 4.12. The Morgan fingerprint density at radius 3 is 2.33 bits per heavy atom. The van der Waals surface area contributed by atoms with Crippen LogP contribution in [0.2, 0.25) is 0 Å². The molecular weight excluding hydrogens is 152 g/mol. The second kappa shape index (κ2) is 5.58. The number of allylic oxidation sites excluding steroid dienone is 2. The molecule has 0 saturated heterocycles. The van der Waals surface area contributed by atoms with E-state index in [1.54, 1.807) is 13.0 Å². The molecule has 0 N–H and O–H groups in total. The van der Waals surface area contributed by atoms with Crippen molar-refractivity contribution in [1.29, 1.82) is 0 Å². The van der Waals surface area contributed by atoms with E-state index in [2.05, 4.69) is 0 Å². The van der Waals surface area contributed by atoms with Crippen molar-refractivity contribution in [3.63, 3.8) is 0 Å². The summed E-state index contributed by atoms with van der Waals surface area (Å²) in [5.41, 5.74) is 1.67. The average molecular weight is 168 g/mol. The first kappa shape index (κ1) is 11.0. The molecule has 0 aromatic carbocycles. The van der Waals surface area contributed by atoms with Crippen LogP contribution in [0.3, 0.4) is 0 Å². The molecule has 0 heterocycles. The molecule has 0 aromatic heterocycles. The highest BCUT2D eigenvalue weighted by Crippen LogP contribution is 2.04. The first-order chi connectivity index (χ1) is 5.59. The van der Waals surface area contributed by atoms with Crippen LogP contribution in [-0.2, 0) is 9.53 Å². The first-order valence-electron chi connectivity index (χ1n) is 4.09. The van der Waals surface area contributed by atoms with Gasteiger partial charge < -0.3 is 4.74 Å². The molecule has 2 heteroatoms. The Morgan fingerprint density at radius 2 is 1.92 bits per heavy atom. The predicted molar refractivity (Wildman–Crippen MR) is 49.6 cm³/mol. The van der Waals surface area contributed by atoms with Gasteiger partial charge >= 0.3 is 5.97 Å². The van der Waals surface area contributed by atoms with Crippen LogP contribution in [0.5, 0.6) is 0 Å². The van der Waals surface area contributed by atoms with Crippen molar-refractivity contribution in [2.24, 2.45) is 0 Å². The fourth-order valence-electron chi connectivity index (χ4n) is 0.499. The molecule has 0 bridgehead atoms. The Balaban J connectivity index is 4.06. The number of carbonyl (C=O) groups is 1. The number of carbonyl (C=O) groups excluding carboxylic acids is 1. The first-order valence-corrected chi connectivity index (χ1v) is 4.09. The van der Waals surface area contributed by atoms with Crippen LogP contribution in [-0.4, -0.2) is 5.97 Å². The molecule has 0 aliphatic heterocycles. The van der Waals surface area contributed by atoms with Crippen molar-refractivity contribution < 1.29 is 9.53 Å². The topological polar surface area (TPSA) is 26.3 Å². The van der Waals surface area contributed by atoms with Gasteiger partial charge in [0.2, 0.25) is 0 Å². The molecule has 0 radical (unpaired) electrons. The zero-order valence-electron chi connectivity index (χ0n) is 8.18. The lowest BCUT2D eigenvalue weighted by Crippen LogP contribution is -2.02. The molecule has 2 nitrogen and oxygen atoms in total. The molecule has 0 aliphatic rings. The lowest BCUT2D eigenvalue weighted by atomic mass is 10.2. The molecule has 0 saturated carbocycles. The minimum Gasteiger partial charge on any atom is -0.431 e. The van der Waals surface area contributed by atoms with E-state index in [-0.39, 0.29) is 5.97 Å².